The molecule has 0 bridgehead atoms. The molecule has 1 fully saturated rings. The van der Waals surface area contributed by atoms with Gasteiger partial charge in [-0.05, 0) is 44.7 Å². The highest BCUT2D eigenvalue weighted by Crippen LogP contribution is 2.42. The highest BCUT2D eigenvalue weighted by Gasteiger charge is 2.40. The SMILES string of the molecule is CC(=O)N1C[C@@H]2CCN(C(=O)OC(C)(C)C)C[C@@H]2c2ccccc21. The average Bonchev–Trinajstić information content (AvgIpc) is 2.51. The zero-order chi connectivity index (χ0) is 17.5. The molecule has 0 aliphatic carbocycles. The summed E-state index contributed by atoms with van der Waals surface area (Å²) in [5.41, 5.74) is 1.67. The molecule has 2 atom stereocenters. The lowest BCUT2D eigenvalue weighted by Crippen LogP contribution is -2.50. The Morgan fingerprint density at radius 2 is 1.88 bits per heavy atom. The van der Waals surface area contributed by atoms with Crippen LogP contribution in [0, 0.1) is 5.92 Å². The molecule has 1 aromatic rings. The first-order valence-corrected chi connectivity index (χ1v) is 8.61. The molecule has 0 radical (unpaired) electrons. The number of para-hydroxylation sites is 1. The number of nitrogens with zero attached hydrogens (tertiary/aromatic N) is 2. The normalized spacial score (nSPS) is 23.3. The van der Waals surface area contributed by atoms with Crippen LogP contribution < -0.4 is 4.90 Å². The van der Waals surface area contributed by atoms with Crippen LogP contribution in [-0.4, -0.2) is 42.1 Å². The number of rotatable bonds is 0. The molecule has 2 amide bonds. The van der Waals surface area contributed by atoms with E-state index in [1.165, 1.54) is 0 Å². The van der Waals surface area contributed by atoms with Crippen molar-refractivity contribution in [1.82, 2.24) is 4.90 Å². The molecule has 2 aliphatic heterocycles. The summed E-state index contributed by atoms with van der Waals surface area (Å²) in [7, 11) is 0. The minimum atomic E-state index is -0.482. The molecule has 0 saturated carbocycles. The van der Waals surface area contributed by atoms with Crippen molar-refractivity contribution in [3.8, 4) is 0 Å². The van der Waals surface area contributed by atoms with Crippen molar-refractivity contribution in [3.63, 3.8) is 0 Å². The largest absolute Gasteiger partial charge is 0.444 e. The number of hydrogen-bond acceptors (Lipinski definition) is 3. The molecule has 1 saturated heterocycles. The first-order chi connectivity index (χ1) is 11.3. The molecular weight excluding hydrogens is 304 g/mol. The van der Waals surface area contributed by atoms with Crippen molar-refractivity contribution in [3.05, 3.63) is 29.8 Å². The van der Waals surface area contributed by atoms with Crippen LogP contribution in [0.1, 0.15) is 45.6 Å². The maximum atomic E-state index is 12.4. The minimum Gasteiger partial charge on any atom is -0.444 e. The summed E-state index contributed by atoms with van der Waals surface area (Å²) in [5, 5.41) is 0. The van der Waals surface area contributed by atoms with E-state index in [0.717, 1.165) is 24.2 Å². The third kappa shape index (κ3) is 3.25. The van der Waals surface area contributed by atoms with Gasteiger partial charge in [-0.15, -0.1) is 0 Å². The van der Waals surface area contributed by atoms with E-state index in [2.05, 4.69) is 6.07 Å². The number of piperidine rings is 1. The van der Waals surface area contributed by atoms with Crippen LogP contribution in [-0.2, 0) is 9.53 Å². The molecule has 130 valence electrons. The summed E-state index contributed by atoms with van der Waals surface area (Å²) >= 11 is 0. The number of carbonyl (C=O) groups is 2. The Hall–Kier alpha value is -2.04. The van der Waals surface area contributed by atoms with Gasteiger partial charge in [0.1, 0.15) is 5.60 Å². The second kappa shape index (κ2) is 6.11. The monoisotopic (exact) mass is 330 g/mol. The molecule has 0 spiro atoms. The number of ether oxygens (including phenoxy) is 1. The first kappa shape index (κ1) is 16.8. The number of fused-ring (bicyclic) bond motifs is 3. The van der Waals surface area contributed by atoms with Crippen molar-refractivity contribution >= 4 is 17.7 Å². The van der Waals surface area contributed by atoms with Crippen molar-refractivity contribution in [2.45, 2.75) is 45.6 Å². The van der Waals surface area contributed by atoms with E-state index in [9.17, 15) is 9.59 Å². The standard InChI is InChI=1S/C19H26N2O3/c1-13(22)21-11-14-9-10-20(18(23)24-19(2,3)4)12-16(14)15-7-5-6-8-17(15)21/h5-8,14,16H,9-12H2,1-4H3/t14-,16-/m0/s1. The molecule has 5 nitrogen and oxygen atoms in total. The minimum absolute atomic E-state index is 0.0791. The van der Waals surface area contributed by atoms with E-state index in [0.29, 0.717) is 19.0 Å². The van der Waals surface area contributed by atoms with Crippen LogP contribution in [0.25, 0.3) is 0 Å². The number of anilines is 1. The Morgan fingerprint density at radius 1 is 1.17 bits per heavy atom. The number of benzene rings is 1. The molecule has 2 heterocycles. The Balaban J connectivity index is 1.84. The summed E-state index contributed by atoms with van der Waals surface area (Å²) in [4.78, 5) is 28.1. The van der Waals surface area contributed by atoms with Crippen LogP contribution in [0.3, 0.4) is 0 Å². The molecule has 2 aliphatic rings. The first-order valence-electron chi connectivity index (χ1n) is 8.61. The van der Waals surface area contributed by atoms with E-state index in [1.807, 2.05) is 48.8 Å². The maximum Gasteiger partial charge on any atom is 0.410 e. The van der Waals surface area contributed by atoms with Gasteiger partial charge in [0.15, 0.2) is 0 Å². The Kier molecular flexibility index (Phi) is 4.28. The number of carbonyl (C=O) groups excluding carboxylic acids is 2. The van der Waals surface area contributed by atoms with Crippen LogP contribution >= 0.6 is 0 Å². The maximum absolute atomic E-state index is 12.4. The second-order valence-corrected chi connectivity index (χ2v) is 7.77. The second-order valence-electron chi connectivity index (χ2n) is 7.77. The van der Waals surface area contributed by atoms with Crippen molar-refractivity contribution in [2.75, 3.05) is 24.5 Å². The molecular formula is C19H26N2O3. The van der Waals surface area contributed by atoms with Crippen LogP contribution in [0.4, 0.5) is 10.5 Å². The van der Waals surface area contributed by atoms with Gasteiger partial charge in [0.05, 0.1) is 0 Å². The predicted octanol–water partition coefficient (Wildman–Crippen LogP) is 3.39. The van der Waals surface area contributed by atoms with Gasteiger partial charge in [-0.1, -0.05) is 18.2 Å². The zero-order valence-corrected chi connectivity index (χ0v) is 14.9. The van der Waals surface area contributed by atoms with E-state index in [-0.39, 0.29) is 17.9 Å². The molecule has 0 aromatic heterocycles. The fraction of sp³-hybridized carbons (Fsp3) is 0.579. The lowest BCUT2D eigenvalue weighted by Gasteiger charge is -2.45. The van der Waals surface area contributed by atoms with E-state index in [4.69, 9.17) is 4.74 Å². The van der Waals surface area contributed by atoms with E-state index in [1.54, 1.807) is 6.92 Å². The number of hydrogen-bond donors (Lipinski definition) is 0. The van der Waals surface area contributed by atoms with Gasteiger partial charge in [-0.3, -0.25) is 4.79 Å². The topological polar surface area (TPSA) is 49.9 Å². The van der Waals surface area contributed by atoms with Gasteiger partial charge >= 0.3 is 6.09 Å². The third-order valence-corrected chi connectivity index (χ3v) is 4.83. The van der Waals surface area contributed by atoms with Gasteiger partial charge < -0.3 is 14.5 Å². The predicted molar refractivity (Wildman–Crippen MR) is 93.1 cm³/mol. The smallest absolute Gasteiger partial charge is 0.410 e. The summed E-state index contributed by atoms with van der Waals surface area (Å²) in [6.07, 6.45) is 0.648. The van der Waals surface area contributed by atoms with Crippen molar-refractivity contribution < 1.29 is 14.3 Å². The highest BCUT2D eigenvalue weighted by atomic mass is 16.6. The third-order valence-electron chi connectivity index (χ3n) is 4.83. The number of amides is 2. The molecule has 5 heteroatoms. The molecule has 24 heavy (non-hydrogen) atoms. The lowest BCUT2D eigenvalue weighted by molar-refractivity contribution is -0.116. The zero-order valence-electron chi connectivity index (χ0n) is 14.9. The molecule has 0 unspecified atom stereocenters. The summed E-state index contributed by atoms with van der Waals surface area (Å²) < 4.78 is 5.53. The van der Waals surface area contributed by atoms with Gasteiger partial charge in [0.2, 0.25) is 5.91 Å². The van der Waals surface area contributed by atoms with Crippen LogP contribution in [0.5, 0.6) is 0 Å². The van der Waals surface area contributed by atoms with Crippen molar-refractivity contribution in [1.29, 1.82) is 0 Å². The molecule has 3 rings (SSSR count). The van der Waals surface area contributed by atoms with Gasteiger partial charge in [-0.25, -0.2) is 4.79 Å². The highest BCUT2D eigenvalue weighted by molar-refractivity contribution is 5.93. The van der Waals surface area contributed by atoms with Gasteiger partial charge in [0.25, 0.3) is 0 Å². The summed E-state index contributed by atoms with van der Waals surface area (Å²) in [5.74, 6) is 0.732. The average molecular weight is 330 g/mol. The Morgan fingerprint density at radius 3 is 2.54 bits per heavy atom. The fourth-order valence-corrected chi connectivity index (χ4v) is 3.74. The van der Waals surface area contributed by atoms with E-state index >= 15 is 0 Å². The Labute approximate surface area is 143 Å². The Bertz CT molecular complexity index is 650. The quantitative estimate of drug-likeness (QED) is 0.732. The fourth-order valence-electron chi connectivity index (χ4n) is 3.74. The lowest BCUT2D eigenvalue weighted by atomic mass is 9.77. The van der Waals surface area contributed by atoms with Crippen LogP contribution in [0.2, 0.25) is 0 Å². The van der Waals surface area contributed by atoms with E-state index < -0.39 is 5.60 Å². The van der Waals surface area contributed by atoms with Crippen LogP contribution in [0.15, 0.2) is 24.3 Å². The summed E-state index contributed by atoms with van der Waals surface area (Å²) in [6.45, 7) is 9.35. The van der Waals surface area contributed by atoms with Gasteiger partial charge in [-0.2, -0.15) is 0 Å². The number of likely N-dealkylation sites (tertiary alicyclic amines) is 1. The molecule has 1 aromatic carbocycles. The summed E-state index contributed by atoms with van der Waals surface area (Å²) in [6, 6.07) is 8.05. The van der Waals surface area contributed by atoms with Crippen molar-refractivity contribution in [2.24, 2.45) is 5.92 Å². The molecule has 0 N–H and O–H groups in total. The van der Waals surface area contributed by atoms with Gasteiger partial charge in [0, 0.05) is 38.2 Å².